The van der Waals surface area contributed by atoms with E-state index in [1.165, 1.54) is 24.3 Å². The molecule has 8 nitrogen and oxygen atoms in total. The highest BCUT2D eigenvalue weighted by atomic mass is 19.1. The van der Waals surface area contributed by atoms with Gasteiger partial charge in [-0.2, -0.15) is 0 Å². The number of aryl methyl sites for hydroxylation is 2. The number of halogens is 1. The van der Waals surface area contributed by atoms with Crippen molar-refractivity contribution in [1.82, 2.24) is 19.8 Å². The van der Waals surface area contributed by atoms with E-state index in [0.29, 0.717) is 48.0 Å². The summed E-state index contributed by atoms with van der Waals surface area (Å²) in [4.78, 5) is 32.2. The molecule has 0 aliphatic carbocycles. The molecular formula is C31H34BFN6O2. The minimum Gasteiger partial charge on any atom is -0.507 e. The summed E-state index contributed by atoms with van der Waals surface area (Å²) in [5.74, 6) is 0.130. The van der Waals surface area contributed by atoms with Gasteiger partial charge in [-0.25, -0.2) is 9.37 Å². The van der Waals surface area contributed by atoms with Gasteiger partial charge in [0.1, 0.15) is 31.1 Å². The Balaban J connectivity index is 1.97. The number of rotatable bonds is 7. The fourth-order valence-electron chi connectivity index (χ4n) is 5.29. The molecule has 41 heavy (non-hydrogen) atoms. The van der Waals surface area contributed by atoms with Gasteiger partial charge in [-0.05, 0) is 43.7 Å². The van der Waals surface area contributed by atoms with Crippen molar-refractivity contribution in [2.24, 2.45) is 4.99 Å². The Morgan fingerprint density at radius 1 is 1.24 bits per heavy atom. The summed E-state index contributed by atoms with van der Waals surface area (Å²) in [7, 11) is 3.52. The number of aliphatic imine (C=N–C) groups is 1. The molecule has 4 rings (SSSR count). The fraction of sp³-hybridized carbons (Fsp3) is 0.226. The predicted molar refractivity (Wildman–Crippen MR) is 165 cm³/mol. The maximum absolute atomic E-state index is 15.1. The Labute approximate surface area is 241 Å². The van der Waals surface area contributed by atoms with Crippen molar-refractivity contribution < 1.29 is 14.3 Å². The smallest absolute Gasteiger partial charge is 0.246 e. The molecule has 1 unspecified atom stereocenters. The number of hydrogen-bond donors (Lipinski definition) is 1. The zero-order valence-corrected chi connectivity index (χ0v) is 23.9. The van der Waals surface area contributed by atoms with Gasteiger partial charge in [-0.3, -0.25) is 19.7 Å². The average Bonchev–Trinajstić information content (AvgIpc) is 2.96. The molecule has 3 heterocycles. The number of aromatic hydroxyl groups is 1. The quantitative estimate of drug-likeness (QED) is 0.159. The highest BCUT2D eigenvalue weighted by Gasteiger charge is 2.32. The first-order chi connectivity index (χ1) is 19.7. The van der Waals surface area contributed by atoms with Crippen LogP contribution in [0.1, 0.15) is 16.8 Å². The molecule has 2 aromatic heterocycles. The normalized spacial score (nSPS) is 15.4. The molecule has 0 saturated carbocycles. The van der Waals surface area contributed by atoms with Gasteiger partial charge >= 0.3 is 0 Å². The van der Waals surface area contributed by atoms with Crippen molar-refractivity contribution in [1.29, 1.82) is 0 Å². The van der Waals surface area contributed by atoms with E-state index in [4.69, 9.17) is 9.98 Å². The van der Waals surface area contributed by atoms with Crippen LogP contribution in [0, 0.1) is 19.7 Å². The first-order valence-corrected chi connectivity index (χ1v) is 13.3. The molecule has 1 saturated heterocycles. The van der Waals surface area contributed by atoms with Crippen molar-refractivity contribution in [3.63, 3.8) is 0 Å². The van der Waals surface area contributed by atoms with Gasteiger partial charge < -0.3 is 14.9 Å². The van der Waals surface area contributed by atoms with Crippen LogP contribution in [0.5, 0.6) is 5.75 Å². The number of benzene rings is 1. The lowest BCUT2D eigenvalue weighted by Gasteiger charge is -2.42. The predicted octanol–water partition coefficient (Wildman–Crippen LogP) is 3.41. The molecule has 1 atom stereocenters. The van der Waals surface area contributed by atoms with Gasteiger partial charge in [0.25, 0.3) is 0 Å². The molecule has 1 N–H and O–H groups in total. The molecule has 1 fully saturated rings. The number of pyridine rings is 2. The van der Waals surface area contributed by atoms with Crippen molar-refractivity contribution in [3.05, 3.63) is 97.3 Å². The highest BCUT2D eigenvalue weighted by Crippen LogP contribution is 2.36. The summed E-state index contributed by atoms with van der Waals surface area (Å²) in [6, 6.07) is 7.74. The van der Waals surface area contributed by atoms with E-state index in [0.717, 1.165) is 16.9 Å². The number of phenolic OH excluding ortho intramolecular Hbond substituents is 1. The van der Waals surface area contributed by atoms with Crippen LogP contribution in [0.3, 0.4) is 0 Å². The number of piperazine rings is 1. The molecular weight excluding hydrogens is 518 g/mol. The van der Waals surface area contributed by atoms with Crippen LogP contribution in [0.2, 0.25) is 0 Å². The third-order valence-electron chi connectivity index (χ3n) is 7.28. The molecule has 1 amide bonds. The third kappa shape index (κ3) is 5.50. The SMILES string of the molecule is Bc1cc(/C(=N\C)N2CCN(C(=O)C=C)CC2C=C)c(N(C=C)c2c(C)ccnc2C)nc1-c1c(O)cccc1F. The number of carbonyl (C=O) groups is 1. The fourth-order valence-corrected chi connectivity index (χ4v) is 5.29. The molecule has 210 valence electrons. The van der Waals surface area contributed by atoms with Crippen LogP contribution in [0.25, 0.3) is 11.3 Å². The van der Waals surface area contributed by atoms with E-state index in [1.54, 1.807) is 30.4 Å². The summed E-state index contributed by atoms with van der Waals surface area (Å²) in [6.07, 6.45) is 6.48. The second-order valence-electron chi connectivity index (χ2n) is 9.81. The molecule has 1 aromatic carbocycles. The van der Waals surface area contributed by atoms with Crippen LogP contribution < -0.4 is 10.4 Å². The molecule has 1 aliphatic heterocycles. The maximum Gasteiger partial charge on any atom is 0.246 e. The number of amides is 1. The molecule has 0 bridgehead atoms. The first-order valence-electron chi connectivity index (χ1n) is 13.3. The van der Waals surface area contributed by atoms with Crippen LogP contribution in [-0.2, 0) is 4.79 Å². The summed E-state index contributed by atoms with van der Waals surface area (Å²) in [6.45, 7) is 17.0. The van der Waals surface area contributed by atoms with E-state index in [9.17, 15) is 9.90 Å². The van der Waals surface area contributed by atoms with Gasteiger partial charge in [0, 0.05) is 39.1 Å². The second kappa shape index (κ2) is 12.2. The molecule has 1 aliphatic rings. The number of carbonyl (C=O) groups excluding carboxylic acids is 1. The average molecular weight is 552 g/mol. The van der Waals surface area contributed by atoms with E-state index in [-0.39, 0.29) is 23.3 Å². The first kappa shape index (κ1) is 29.3. The lowest BCUT2D eigenvalue weighted by molar-refractivity contribution is -0.127. The summed E-state index contributed by atoms with van der Waals surface area (Å²) >= 11 is 0. The number of nitrogens with zero attached hydrogens (tertiary/aromatic N) is 6. The zero-order valence-electron chi connectivity index (χ0n) is 23.9. The van der Waals surface area contributed by atoms with E-state index >= 15 is 4.39 Å². The van der Waals surface area contributed by atoms with Crippen LogP contribution in [-0.4, -0.2) is 77.2 Å². The summed E-state index contributed by atoms with van der Waals surface area (Å²) in [5, 5.41) is 10.6. The minimum atomic E-state index is -0.586. The maximum atomic E-state index is 15.1. The van der Waals surface area contributed by atoms with Crippen molar-refractivity contribution >= 4 is 36.6 Å². The van der Waals surface area contributed by atoms with Gasteiger partial charge in [0.05, 0.1) is 34.2 Å². The standard InChI is InChI=1S/C31H34BFN6O2/c1-7-21-18-37(26(41)8-2)15-16-39(21)30(34-6)22-17-23(32)28(27-24(33)11-10-12-25(27)40)36-31(22)38(9-3)29-19(4)13-14-35-20(29)5/h7-14,17,21,40H,1-3,15-16,18,32H2,4-6H3/b34-30+. The van der Waals surface area contributed by atoms with Crippen molar-refractivity contribution in [2.45, 2.75) is 19.9 Å². The Kier molecular flexibility index (Phi) is 8.71. The van der Waals surface area contributed by atoms with Crippen molar-refractivity contribution in [3.8, 4) is 17.0 Å². The number of amidine groups is 1. The van der Waals surface area contributed by atoms with Crippen molar-refractivity contribution in [2.75, 3.05) is 31.6 Å². The summed E-state index contributed by atoms with van der Waals surface area (Å²) < 4.78 is 15.1. The minimum absolute atomic E-state index is 0.0111. The molecule has 10 heteroatoms. The molecule has 3 aromatic rings. The topological polar surface area (TPSA) is 85.2 Å². The largest absolute Gasteiger partial charge is 0.507 e. The number of anilines is 2. The lowest BCUT2D eigenvalue weighted by atomic mass is 9.88. The van der Waals surface area contributed by atoms with Gasteiger partial charge in [0.15, 0.2) is 0 Å². The van der Waals surface area contributed by atoms with E-state index in [1.807, 2.05) is 38.7 Å². The van der Waals surface area contributed by atoms with Gasteiger partial charge in [-0.15, -0.1) is 6.58 Å². The monoisotopic (exact) mass is 552 g/mol. The highest BCUT2D eigenvalue weighted by molar-refractivity contribution is 6.36. The number of phenols is 1. The van der Waals surface area contributed by atoms with Crippen LogP contribution >= 0.6 is 0 Å². The van der Waals surface area contributed by atoms with Crippen LogP contribution in [0.4, 0.5) is 15.9 Å². The Morgan fingerprint density at radius 2 is 2.00 bits per heavy atom. The Hall–Kier alpha value is -4.73. The third-order valence-corrected chi connectivity index (χ3v) is 7.28. The zero-order chi connectivity index (χ0) is 29.8. The number of hydrogen-bond acceptors (Lipinski definition) is 6. The van der Waals surface area contributed by atoms with E-state index < -0.39 is 5.82 Å². The lowest BCUT2D eigenvalue weighted by Crippen LogP contribution is -2.56. The summed E-state index contributed by atoms with van der Waals surface area (Å²) in [5.41, 5.74) is 4.09. The van der Waals surface area contributed by atoms with Crippen LogP contribution in [0.15, 0.2) is 79.6 Å². The number of aromatic nitrogens is 2. The van der Waals surface area contributed by atoms with E-state index in [2.05, 4.69) is 29.6 Å². The Bertz CT molecular complexity index is 1520. The molecule has 0 radical (unpaired) electrons. The van der Waals surface area contributed by atoms with Gasteiger partial charge in [0.2, 0.25) is 5.91 Å². The van der Waals surface area contributed by atoms with Gasteiger partial charge in [-0.1, -0.05) is 36.8 Å². The Morgan fingerprint density at radius 3 is 2.61 bits per heavy atom. The molecule has 0 spiro atoms. The second-order valence-corrected chi connectivity index (χ2v) is 9.81.